The summed E-state index contributed by atoms with van der Waals surface area (Å²) in [5, 5.41) is 15.7. The highest BCUT2D eigenvalue weighted by Gasteiger charge is 2.53. The standard InChI is InChI=1S/C23H28BrN3O/c1-15(23-9-16-6-17(10-23)8-18(7-16)11-23)27-22(28)20(12-25)14-26-13-19-4-2-3-5-21(19)24/h2-5,14-18,26H,6-11,13H2,1H3,(H,27,28)/b20-14-. The van der Waals surface area contributed by atoms with Crippen molar-refractivity contribution in [1.82, 2.24) is 10.6 Å². The average Bonchev–Trinajstić information content (AvgIpc) is 2.65. The van der Waals surface area contributed by atoms with Crippen molar-refractivity contribution in [3.8, 4) is 6.07 Å². The van der Waals surface area contributed by atoms with E-state index in [0.717, 1.165) is 27.8 Å². The highest BCUT2D eigenvalue weighted by molar-refractivity contribution is 9.10. The summed E-state index contributed by atoms with van der Waals surface area (Å²) >= 11 is 3.51. The third kappa shape index (κ3) is 3.85. The Kier molecular flexibility index (Phi) is 5.51. The highest BCUT2D eigenvalue weighted by atomic mass is 79.9. The van der Waals surface area contributed by atoms with Gasteiger partial charge in [0, 0.05) is 23.3 Å². The maximum Gasteiger partial charge on any atom is 0.263 e. The zero-order valence-corrected chi connectivity index (χ0v) is 18.0. The molecular formula is C23H28BrN3O. The summed E-state index contributed by atoms with van der Waals surface area (Å²) < 4.78 is 1.01. The fourth-order valence-electron chi connectivity index (χ4n) is 6.19. The second kappa shape index (κ2) is 7.91. The van der Waals surface area contributed by atoms with Crippen LogP contribution in [0.1, 0.15) is 51.0 Å². The van der Waals surface area contributed by atoms with Crippen molar-refractivity contribution >= 4 is 21.8 Å². The Balaban J connectivity index is 1.38. The summed E-state index contributed by atoms with van der Waals surface area (Å²) in [4.78, 5) is 12.7. The lowest BCUT2D eigenvalue weighted by molar-refractivity contribution is -0.122. The Hall–Kier alpha value is -1.80. The van der Waals surface area contributed by atoms with Crippen LogP contribution in [0, 0.1) is 34.5 Å². The number of amides is 1. The molecule has 5 rings (SSSR count). The number of hydrogen-bond acceptors (Lipinski definition) is 3. The number of hydrogen-bond donors (Lipinski definition) is 2. The van der Waals surface area contributed by atoms with Gasteiger partial charge in [0.05, 0.1) is 0 Å². The fourth-order valence-corrected chi connectivity index (χ4v) is 6.61. The summed E-state index contributed by atoms with van der Waals surface area (Å²) in [5.41, 5.74) is 1.47. The third-order valence-corrected chi connectivity index (χ3v) is 7.99. The van der Waals surface area contributed by atoms with Gasteiger partial charge in [0.2, 0.25) is 0 Å². The maximum atomic E-state index is 12.7. The van der Waals surface area contributed by atoms with Crippen LogP contribution in [-0.2, 0) is 11.3 Å². The van der Waals surface area contributed by atoms with Crippen LogP contribution in [0.5, 0.6) is 0 Å². The highest BCUT2D eigenvalue weighted by Crippen LogP contribution is 2.61. The zero-order valence-electron chi connectivity index (χ0n) is 16.4. The predicted octanol–water partition coefficient (Wildman–Crippen LogP) is 4.67. The first-order valence-corrected chi connectivity index (χ1v) is 11.2. The predicted molar refractivity (Wildman–Crippen MR) is 113 cm³/mol. The minimum atomic E-state index is -0.259. The molecule has 1 unspecified atom stereocenters. The summed E-state index contributed by atoms with van der Waals surface area (Å²) in [6.45, 7) is 2.71. The van der Waals surface area contributed by atoms with Gasteiger partial charge in [-0.1, -0.05) is 34.1 Å². The molecule has 1 atom stereocenters. The molecule has 148 valence electrons. The zero-order chi connectivity index (χ0) is 19.7. The van der Waals surface area contributed by atoms with E-state index in [-0.39, 0.29) is 22.9 Å². The van der Waals surface area contributed by atoms with Crippen LogP contribution in [0.25, 0.3) is 0 Å². The number of rotatable bonds is 6. The molecule has 1 aromatic carbocycles. The van der Waals surface area contributed by atoms with Gasteiger partial charge in [-0.05, 0) is 80.2 Å². The van der Waals surface area contributed by atoms with Crippen LogP contribution in [0.15, 0.2) is 40.5 Å². The van der Waals surface area contributed by atoms with Gasteiger partial charge in [0.15, 0.2) is 0 Å². The van der Waals surface area contributed by atoms with Crippen molar-refractivity contribution in [2.75, 3.05) is 0 Å². The Morgan fingerprint density at radius 1 is 1.25 bits per heavy atom. The van der Waals surface area contributed by atoms with Gasteiger partial charge in [-0.15, -0.1) is 0 Å². The van der Waals surface area contributed by atoms with Gasteiger partial charge in [0.1, 0.15) is 11.6 Å². The number of carbonyl (C=O) groups excluding carboxylic acids is 1. The van der Waals surface area contributed by atoms with Crippen molar-refractivity contribution in [3.05, 3.63) is 46.1 Å². The molecule has 4 aliphatic rings. The van der Waals surface area contributed by atoms with E-state index in [1.165, 1.54) is 38.5 Å². The summed E-state index contributed by atoms with van der Waals surface area (Å²) in [7, 11) is 0. The van der Waals surface area contributed by atoms with Gasteiger partial charge in [-0.25, -0.2) is 0 Å². The van der Waals surface area contributed by atoms with Crippen molar-refractivity contribution < 1.29 is 4.79 Å². The van der Waals surface area contributed by atoms with Crippen LogP contribution in [0.2, 0.25) is 0 Å². The monoisotopic (exact) mass is 441 g/mol. The van der Waals surface area contributed by atoms with Gasteiger partial charge < -0.3 is 10.6 Å². The van der Waals surface area contributed by atoms with Gasteiger partial charge in [-0.3, -0.25) is 4.79 Å². The fraction of sp³-hybridized carbons (Fsp3) is 0.565. The topological polar surface area (TPSA) is 64.9 Å². The van der Waals surface area contributed by atoms with Gasteiger partial charge >= 0.3 is 0 Å². The van der Waals surface area contributed by atoms with Crippen LogP contribution >= 0.6 is 15.9 Å². The Morgan fingerprint density at radius 3 is 2.43 bits per heavy atom. The molecule has 5 heteroatoms. The smallest absolute Gasteiger partial charge is 0.263 e. The van der Waals surface area contributed by atoms with Crippen LogP contribution < -0.4 is 10.6 Å². The number of nitrogens with one attached hydrogen (secondary N) is 2. The van der Waals surface area contributed by atoms with Gasteiger partial charge in [0.25, 0.3) is 5.91 Å². The third-order valence-electron chi connectivity index (χ3n) is 7.21. The number of nitrogens with zero attached hydrogens (tertiary/aromatic N) is 1. The number of carbonyl (C=O) groups is 1. The minimum Gasteiger partial charge on any atom is -0.386 e. The number of nitriles is 1. The van der Waals surface area contributed by atoms with E-state index in [2.05, 4.69) is 39.6 Å². The SMILES string of the molecule is CC(NC(=O)/C(C#N)=C\NCc1ccccc1Br)C12CC3CC(CC(C3)C1)C2. The van der Waals surface area contributed by atoms with Crippen molar-refractivity contribution in [1.29, 1.82) is 5.26 Å². The lowest BCUT2D eigenvalue weighted by Crippen LogP contribution is -2.56. The lowest BCUT2D eigenvalue weighted by Gasteiger charge is -2.59. The molecule has 4 fully saturated rings. The van der Waals surface area contributed by atoms with E-state index in [4.69, 9.17) is 0 Å². The Morgan fingerprint density at radius 2 is 1.86 bits per heavy atom. The molecule has 4 nitrogen and oxygen atoms in total. The van der Waals surface area contributed by atoms with E-state index in [9.17, 15) is 10.1 Å². The normalized spacial score (nSPS) is 31.9. The van der Waals surface area contributed by atoms with Crippen molar-refractivity contribution in [2.45, 2.75) is 58.0 Å². The first kappa shape index (κ1) is 19.5. The summed E-state index contributed by atoms with van der Waals surface area (Å²) in [6.07, 6.45) is 9.44. The first-order chi connectivity index (χ1) is 13.5. The quantitative estimate of drug-likeness (QED) is 0.497. The van der Waals surface area contributed by atoms with E-state index in [0.29, 0.717) is 6.54 Å². The van der Waals surface area contributed by atoms with Crippen LogP contribution in [-0.4, -0.2) is 11.9 Å². The van der Waals surface area contributed by atoms with E-state index in [1.807, 2.05) is 24.3 Å². The molecule has 1 aromatic rings. The molecule has 0 aromatic heterocycles. The Bertz CT molecular complexity index is 790. The molecule has 28 heavy (non-hydrogen) atoms. The number of halogens is 1. The molecule has 0 spiro atoms. The van der Waals surface area contributed by atoms with E-state index in [1.54, 1.807) is 6.20 Å². The molecule has 4 saturated carbocycles. The Labute approximate surface area is 175 Å². The molecular weight excluding hydrogens is 414 g/mol. The van der Waals surface area contributed by atoms with Gasteiger partial charge in [-0.2, -0.15) is 5.26 Å². The molecule has 2 N–H and O–H groups in total. The largest absolute Gasteiger partial charge is 0.386 e. The van der Waals surface area contributed by atoms with E-state index >= 15 is 0 Å². The van der Waals surface area contributed by atoms with E-state index < -0.39 is 0 Å². The van der Waals surface area contributed by atoms with Crippen LogP contribution in [0.3, 0.4) is 0 Å². The van der Waals surface area contributed by atoms with Crippen LogP contribution in [0.4, 0.5) is 0 Å². The minimum absolute atomic E-state index is 0.119. The maximum absolute atomic E-state index is 12.7. The first-order valence-electron chi connectivity index (χ1n) is 10.4. The molecule has 0 heterocycles. The average molecular weight is 442 g/mol. The second-order valence-electron chi connectivity index (χ2n) is 9.12. The van der Waals surface area contributed by atoms with Crippen molar-refractivity contribution in [2.24, 2.45) is 23.2 Å². The molecule has 1 amide bonds. The summed E-state index contributed by atoms with van der Waals surface area (Å²) in [5.74, 6) is 2.29. The lowest BCUT2D eigenvalue weighted by atomic mass is 9.48. The van der Waals surface area contributed by atoms with Crippen molar-refractivity contribution in [3.63, 3.8) is 0 Å². The summed E-state index contributed by atoms with van der Waals surface area (Å²) in [6, 6.07) is 10.1. The molecule has 0 saturated heterocycles. The molecule has 4 bridgehead atoms. The molecule has 4 aliphatic carbocycles. The molecule has 0 radical (unpaired) electrons. The number of benzene rings is 1. The molecule has 0 aliphatic heterocycles. The second-order valence-corrected chi connectivity index (χ2v) is 9.97.